The summed E-state index contributed by atoms with van der Waals surface area (Å²) in [5.41, 5.74) is 0.630. The number of carbonyl (C=O) groups excluding carboxylic acids is 1. The van der Waals surface area contributed by atoms with E-state index in [-0.39, 0.29) is 24.7 Å². The second-order valence-electron chi connectivity index (χ2n) is 4.90. The van der Waals surface area contributed by atoms with E-state index in [1.807, 2.05) is 11.9 Å². The summed E-state index contributed by atoms with van der Waals surface area (Å²) >= 11 is 5.78. The van der Waals surface area contributed by atoms with Gasteiger partial charge in [0.25, 0.3) is 0 Å². The lowest BCUT2D eigenvalue weighted by Gasteiger charge is -2.31. The Hall–Kier alpha value is -0.840. The monoisotopic (exact) mass is 320 g/mol. The Morgan fingerprint density at radius 3 is 2.60 bits per heavy atom. The van der Waals surface area contributed by atoms with Gasteiger partial charge in [-0.2, -0.15) is 0 Å². The van der Waals surface area contributed by atoms with Crippen LogP contribution in [0.5, 0.6) is 0 Å². The first-order valence-electron chi connectivity index (χ1n) is 6.48. The average molecular weight is 321 g/mol. The van der Waals surface area contributed by atoms with Crippen LogP contribution in [0.4, 0.5) is 4.39 Å². The topological polar surface area (TPSA) is 32.3 Å². The van der Waals surface area contributed by atoms with Gasteiger partial charge in [-0.3, -0.25) is 4.79 Å². The van der Waals surface area contributed by atoms with Crippen LogP contribution in [0.3, 0.4) is 0 Å². The number of nitrogens with one attached hydrogen (secondary N) is 1. The zero-order chi connectivity index (χ0) is 13.8. The van der Waals surface area contributed by atoms with Crippen molar-refractivity contribution in [1.82, 2.24) is 10.2 Å². The smallest absolute Gasteiger partial charge is 0.226 e. The Bertz CT molecular complexity index is 442. The van der Waals surface area contributed by atoms with Crippen LogP contribution < -0.4 is 5.32 Å². The van der Waals surface area contributed by atoms with E-state index in [9.17, 15) is 9.18 Å². The Morgan fingerprint density at radius 1 is 1.40 bits per heavy atom. The molecule has 1 heterocycles. The molecular formula is C14H19Cl2FN2O. The molecule has 20 heavy (non-hydrogen) atoms. The van der Waals surface area contributed by atoms with Gasteiger partial charge < -0.3 is 10.2 Å². The van der Waals surface area contributed by atoms with E-state index >= 15 is 0 Å². The minimum absolute atomic E-state index is 0. The molecule has 0 aliphatic carbocycles. The fourth-order valence-electron chi connectivity index (χ4n) is 2.42. The average Bonchev–Trinajstić information content (AvgIpc) is 2.37. The molecule has 1 fully saturated rings. The van der Waals surface area contributed by atoms with Crippen LogP contribution in [0.25, 0.3) is 0 Å². The lowest BCUT2D eigenvalue weighted by molar-refractivity contribution is -0.131. The zero-order valence-electron chi connectivity index (χ0n) is 11.4. The lowest BCUT2D eigenvalue weighted by Crippen LogP contribution is -2.44. The summed E-state index contributed by atoms with van der Waals surface area (Å²) in [4.78, 5) is 14.0. The standard InChI is InChI=1S/C14H18ClFN2O.ClH/c1-17-13-2-4-18(5-3-13)14(19)8-10-6-11(15)9-12(16)7-10;/h6-7,9,13,17H,2-5,8H2,1H3;1H. The molecule has 1 aromatic rings. The molecule has 2 rings (SSSR count). The van der Waals surface area contributed by atoms with Crippen LogP contribution in [-0.2, 0) is 11.2 Å². The van der Waals surface area contributed by atoms with Crippen molar-refractivity contribution in [2.24, 2.45) is 0 Å². The number of hydrogen-bond donors (Lipinski definition) is 1. The number of carbonyl (C=O) groups is 1. The molecule has 0 atom stereocenters. The van der Waals surface area contributed by atoms with Crippen LogP contribution in [0.15, 0.2) is 18.2 Å². The number of halogens is 3. The van der Waals surface area contributed by atoms with E-state index in [2.05, 4.69) is 5.32 Å². The van der Waals surface area contributed by atoms with Gasteiger partial charge in [-0.05, 0) is 43.7 Å². The molecule has 1 aromatic carbocycles. The third kappa shape index (κ3) is 4.62. The molecule has 0 aromatic heterocycles. The summed E-state index contributed by atoms with van der Waals surface area (Å²) < 4.78 is 13.2. The van der Waals surface area contributed by atoms with Crippen molar-refractivity contribution in [2.45, 2.75) is 25.3 Å². The van der Waals surface area contributed by atoms with E-state index in [4.69, 9.17) is 11.6 Å². The predicted molar refractivity (Wildman–Crippen MR) is 81.0 cm³/mol. The Morgan fingerprint density at radius 2 is 2.05 bits per heavy atom. The van der Waals surface area contributed by atoms with Crippen LogP contribution in [0, 0.1) is 5.82 Å². The third-order valence-electron chi connectivity index (χ3n) is 3.53. The molecule has 3 nitrogen and oxygen atoms in total. The van der Waals surface area contributed by atoms with Gasteiger partial charge >= 0.3 is 0 Å². The van der Waals surface area contributed by atoms with Gasteiger partial charge in [0, 0.05) is 24.2 Å². The van der Waals surface area contributed by atoms with Gasteiger partial charge in [-0.15, -0.1) is 12.4 Å². The summed E-state index contributed by atoms with van der Waals surface area (Å²) in [6.45, 7) is 1.51. The van der Waals surface area contributed by atoms with Gasteiger partial charge in [0.15, 0.2) is 0 Å². The van der Waals surface area contributed by atoms with E-state index in [0.717, 1.165) is 25.9 Å². The largest absolute Gasteiger partial charge is 0.342 e. The molecule has 0 bridgehead atoms. The Labute approximate surface area is 129 Å². The van der Waals surface area contributed by atoms with Crippen molar-refractivity contribution in [3.63, 3.8) is 0 Å². The molecule has 0 spiro atoms. The third-order valence-corrected chi connectivity index (χ3v) is 3.75. The number of benzene rings is 1. The van der Waals surface area contributed by atoms with E-state index < -0.39 is 5.82 Å². The molecular weight excluding hydrogens is 302 g/mol. The molecule has 112 valence electrons. The molecule has 1 N–H and O–H groups in total. The van der Waals surface area contributed by atoms with Crippen molar-refractivity contribution in [1.29, 1.82) is 0 Å². The summed E-state index contributed by atoms with van der Waals surface area (Å²) in [6.07, 6.45) is 2.14. The number of likely N-dealkylation sites (tertiary alicyclic amines) is 1. The van der Waals surface area contributed by atoms with Crippen molar-refractivity contribution < 1.29 is 9.18 Å². The van der Waals surface area contributed by atoms with E-state index in [0.29, 0.717) is 16.6 Å². The van der Waals surface area contributed by atoms with Crippen molar-refractivity contribution >= 4 is 29.9 Å². The maximum absolute atomic E-state index is 13.2. The zero-order valence-corrected chi connectivity index (χ0v) is 12.9. The molecule has 1 amide bonds. The van der Waals surface area contributed by atoms with Crippen molar-refractivity contribution in [2.75, 3.05) is 20.1 Å². The first-order chi connectivity index (χ1) is 9.08. The number of amides is 1. The lowest BCUT2D eigenvalue weighted by atomic mass is 10.0. The van der Waals surface area contributed by atoms with Gasteiger partial charge in [-0.1, -0.05) is 11.6 Å². The minimum atomic E-state index is -0.399. The van der Waals surface area contributed by atoms with E-state index in [1.54, 1.807) is 6.07 Å². The molecule has 0 radical (unpaired) electrons. The molecule has 1 aliphatic rings. The normalized spacial score (nSPS) is 15.8. The Kier molecular flexibility index (Phi) is 6.72. The highest BCUT2D eigenvalue weighted by atomic mass is 35.5. The quantitative estimate of drug-likeness (QED) is 0.928. The maximum Gasteiger partial charge on any atom is 0.226 e. The predicted octanol–water partition coefficient (Wildman–Crippen LogP) is 2.65. The summed E-state index contributed by atoms with van der Waals surface area (Å²) in [7, 11) is 1.94. The fraction of sp³-hybridized carbons (Fsp3) is 0.500. The van der Waals surface area contributed by atoms with Crippen LogP contribution in [0.1, 0.15) is 18.4 Å². The molecule has 6 heteroatoms. The molecule has 0 saturated carbocycles. The van der Waals surface area contributed by atoms with Gasteiger partial charge in [0.1, 0.15) is 5.82 Å². The highest BCUT2D eigenvalue weighted by molar-refractivity contribution is 6.30. The number of nitrogens with zero attached hydrogens (tertiary/aromatic N) is 1. The highest BCUT2D eigenvalue weighted by Gasteiger charge is 2.21. The first kappa shape index (κ1) is 17.2. The van der Waals surface area contributed by atoms with Crippen LogP contribution in [0.2, 0.25) is 5.02 Å². The second-order valence-corrected chi connectivity index (χ2v) is 5.33. The minimum Gasteiger partial charge on any atom is -0.342 e. The molecule has 0 unspecified atom stereocenters. The van der Waals surface area contributed by atoms with Gasteiger partial charge in [0.05, 0.1) is 6.42 Å². The van der Waals surface area contributed by atoms with Gasteiger partial charge in [-0.25, -0.2) is 4.39 Å². The molecule has 1 saturated heterocycles. The summed E-state index contributed by atoms with van der Waals surface area (Å²) in [6, 6.07) is 4.74. The summed E-state index contributed by atoms with van der Waals surface area (Å²) in [5.74, 6) is -0.361. The van der Waals surface area contributed by atoms with Crippen molar-refractivity contribution in [3.05, 3.63) is 34.6 Å². The number of piperidine rings is 1. The van der Waals surface area contributed by atoms with Crippen molar-refractivity contribution in [3.8, 4) is 0 Å². The molecule has 1 aliphatic heterocycles. The van der Waals surface area contributed by atoms with Crippen LogP contribution in [-0.4, -0.2) is 37.0 Å². The summed E-state index contributed by atoms with van der Waals surface area (Å²) in [5, 5.41) is 3.55. The van der Waals surface area contributed by atoms with E-state index in [1.165, 1.54) is 12.1 Å². The highest BCUT2D eigenvalue weighted by Crippen LogP contribution is 2.16. The SMILES string of the molecule is CNC1CCN(C(=O)Cc2cc(F)cc(Cl)c2)CC1.Cl. The Balaban J connectivity index is 0.00000200. The second kappa shape index (κ2) is 7.81. The maximum atomic E-state index is 13.2. The number of rotatable bonds is 3. The first-order valence-corrected chi connectivity index (χ1v) is 6.86. The van der Waals surface area contributed by atoms with Crippen LogP contribution >= 0.6 is 24.0 Å². The number of hydrogen-bond acceptors (Lipinski definition) is 2. The fourth-order valence-corrected chi connectivity index (χ4v) is 2.66. The van der Waals surface area contributed by atoms with Gasteiger partial charge in [0.2, 0.25) is 5.91 Å².